The monoisotopic (exact) mass is 246 g/mol. The first-order valence-electron chi connectivity index (χ1n) is 3.61. The van der Waals surface area contributed by atoms with Gasteiger partial charge in [0.05, 0.1) is 4.90 Å². The molecule has 1 rings (SSSR count). The molecular weight excluding hydrogens is 240 g/mol. The van der Waals surface area contributed by atoms with E-state index in [0.717, 1.165) is 24.3 Å². The van der Waals surface area contributed by atoms with Crippen molar-refractivity contribution in [3.8, 4) is 0 Å². The second-order valence-corrected chi connectivity index (χ2v) is 4.00. The average Bonchev–Trinajstić information content (AvgIpc) is 2.15. The number of benzene rings is 1. The molecular formula is C8H6F3LiO3S. The Balaban J connectivity index is 0. The van der Waals surface area contributed by atoms with Crippen LogP contribution in [0.25, 0.3) is 5.83 Å². The van der Waals surface area contributed by atoms with Crippen LogP contribution in [0.4, 0.5) is 13.2 Å². The summed E-state index contributed by atoms with van der Waals surface area (Å²) in [6.45, 7) is 0. The largest absolute Gasteiger partial charge is 1.00 e. The van der Waals surface area contributed by atoms with E-state index in [0.29, 0.717) is 0 Å². The van der Waals surface area contributed by atoms with Gasteiger partial charge in [-0.25, -0.2) is 4.39 Å². The van der Waals surface area contributed by atoms with Gasteiger partial charge >= 0.3 is 24.9 Å². The zero-order valence-electron chi connectivity index (χ0n) is 9.12. The number of halogens is 3. The molecule has 0 aliphatic carbocycles. The van der Waals surface area contributed by atoms with Crippen molar-refractivity contribution in [2.75, 3.05) is 0 Å². The standard InChI is InChI=1S/C8H5F3O3S.Li.H/c9-7(8(10)11)5-1-3-6(4-2-5)15(12,13)14;;/h1-4H,(H,12,13,14);;/q;+1;-1. The molecule has 0 saturated carbocycles. The van der Waals surface area contributed by atoms with Gasteiger partial charge in [0, 0.05) is 5.56 Å². The molecule has 1 N–H and O–H groups in total. The Morgan fingerprint density at radius 1 is 1.12 bits per heavy atom. The van der Waals surface area contributed by atoms with Crippen LogP contribution in [0, 0.1) is 0 Å². The number of hydrogen-bond donors (Lipinski definition) is 1. The third-order valence-corrected chi connectivity index (χ3v) is 2.44. The smallest absolute Gasteiger partial charge is 1.00 e. The first-order valence-corrected chi connectivity index (χ1v) is 5.05. The SMILES string of the molecule is O=S(=O)(O)c1ccc(C(F)=C(F)F)cc1.[H-].[Li+]. The molecule has 0 aromatic heterocycles. The van der Waals surface area contributed by atoms with Gasteiger partial charge in [0.15, 0.2) is 5.83 Å². The minimum Gasteiger partial charge on any atom is -1.00 e. The van der Waals surface area contributed by atoms with Gasteiger partial charge in [-0.05, 0) is 12.1 Å². The average molecular weight is 246 g/mol. The summed E-state index contributed by atoms with van der Waals surface area (Å²) in [6.07, 6.45) is -2.49. The van der Waals surface area contributed by atoms with Crippen LogP contribution in [0.1, 0.15) is 6.99 Å². The summed E-state index contributed by atoms with van der Waals surface area (Å²) >= 11 is 0. The van der Waals surface area contributed by atoms with Crippen molar-refractivity contribution in [1.29, 1.82) is 0 Å². The van der Waals surface area contributed by atoms with E-state index in [1.54, 1.807) is 0 Å². The van der Waals surface area contributed by atoms with E-state index >= 15 is 0 Å². The van der Waals surface area contributed by atoms with E-state index in [4.69, 9.17) is 4.55 Å². The Morgan fingerprint density at radius 2 is 1.56 bits per heavy atom. The first-order chi connectivity index (χ1) is 6.82. The predicted molar refractivity (Wildman–Crippen MR) is 47.6 cm³/mol. The van der Waals surface area contributed by atoms with Crippen molar-refractivity contribution < 1.29 is 46.4 Å². The van der Waals surface area contributed by atoms with E-state index in [-0.39, 0.29) is 20.3 Å². The van der Waals surface area contributed by atoms with Crippen LogP contribution in [0.5, 0.6) is 0 Å². The summed E-state index contributed by atoms with van der Waals surface area (Å²) in [5.74, 6) is -1.73. The second-order valence-electron chi connectivity index (χ2n) is 2.57. The zero-order chi connectivity index (χ0) is 11.6. The quantitative estimate of drug-likeness (QED) is 0.570. The van der Waals surface area contributed by atoms with Crippen LogP contribution in [-0.2, 0) is 10.1 Å². The molecule has 0 radical (unpaired) electrons. The molecule has 0 bridgehead atoms. The van der Waals surface area contributed by atoms with E-state index in [1.807, 2.05) is 0 Å². The molecule has 1 aromatic rings. The van der Waals surface area contributed by atoms with Crippen LogP contribution >= 0.6 is 0 Å². The molecule has 16 heavy (non-hydrogen) atoms. The molecule has 0 saturated heterocycles. The van der Waals surface area contributed by atoms with E-state index < -0.39 is 32.5 Å². The normalized spacial score (nSPS) is 10.5. The molecule has 0 amide bonds. The second kappa shape index (κ2) is 5.55. The van der Waals surface area contributed by atoms with Crippen LogP contribution < -0.4 is 18.9 Å². The topological polar surface area (TPSA) is 54.4 Å². The van der Waals surface area contributed by atoms with E-state index in [2.05, 4.69) is 0 Å². The summed E-state index contributed by atoms with van der Waals surface area (Å²) < 4.78 is 65.8. The summed E-state index contributed by atoms with van der Waals surface area (Å²) in [5.41, 5.74) is -0.456. The number of rotatable bonds is 2. The summed E-state index contributed by atoms with van der Waals surface area (Å²) in [6, 6.07) is 3.32. The molecule has 0 aliphatic rings. The van der Waals surface area contributed by atoms with Crippen molar-refractivity contribution >= 4 is 15.9 Å². The summed E-state index contributed by atoms with van der Waals surface area (Å²) in [7, 11) is -4.39. The molecule has 0 fully saturated rings. The van der Waals surface area contributed by atoms with Gasteiger partial charge in [0.1, 0.15) is 0 Å². The Bertz CT molecular complexity index is 497. The Morgan fingerprint density at radius 3 is 1.88 bits per heavy atom. The number of hydrogen-bond acceptors (Lipinski definition) is 2. The third kappa shape index (κ3) is 3.68. The Kier molecular flexibility index (Phi) is 5.29. The first kappa shape index (κ1) is 15.3. The van der Waals surface area contributed by atoms with Gasteiger partial charge in [0.2, 0.25) is 0 Å². The molecule has 0 aliphatic heterocycles. The van der Waals surface area contributed by atoms with E-state index in [9.17, 15) is 21.6 Å². The summed E-state index contributed by atoms with van der Waals surface area (Å²) in [5, 5.41) is 0. The van der Waals surface area contributed by atoms with Crippen LogP contribution in [0.2, 0.25) is 0 Å². The fourth-order valence-corrected chi connectivity index (χ4v) is 1.36. The maximum absolute atomic E-state index is 12.6. The minimum atomic E-state index is -4.39. The minimum absolute atomic E-state index is 0. The fraction of sp³-hybridized carbons (Fsp3) is 0. The van der Waals surface area contributed by atoms with Crippen molar-refractivity contribution in [3.05, 3.63) is 35.9 Å². The Hall–Kier alpha value is -0.743. The van der Waals surface area contributed by atoms with Gasteiger partial charge in [0.25, 0.3) is 10.1 Å². The maximum Gasteiger partial charge on any atom is 1.00 e. The van der Waals surface area contributed by atoms with Gasteiger partial charge < -0.3 is 1.43 Å². The van der Waals surface area contributed by atoms with Crippen LogP contribution in [0.15, 0.2) is 35.2 Å². The van der Waals surface area contributed by atoms with Gasteiger partial charge in [-0.15, -0.1) is 0 Å². The van der Waals surface area contributed by atoms with Crippen molar-refractivity contribution in [2.45, 2.75) is 4.90 Å². The molecule has 0 heterocycles. The van der Waals surface area contributed by atoms with Gasteiger partial charge in [-0.3, -0.25) is 4.55 Å². The predicted octanol–water partition coefficient (Wildman–Crippen LogP) is -0.416. The molecule has 3 nitrogen and oxygen atoms in total. The van der Waals surface area contributed by atoms with Crippen molar-refractivity contribution in [3.63, 3.8) is 0 Å². The molecule has 8 heteroatoms. The van der Waals surface area contributed by atoms with E-state index in [1.165, 1.54) is 0 Å². The Labute approximate surface area is 103 Å². The third-order valence-electron chi connectivity index (χ3n) is 1.57. The molecule has 0 spiro atoms. The fourth-order valence-electron chi connectivity index (χ4n) is 0.882. The van der Waals surface area contributed by atoms with Gasteiger partial charge in [-0.2, -0.15) is 17.2 Å². The van der Waals surface area contributed by atoms with Crippen LogP contribution in [0.3, 0.4) is 0 Å². The molecule has 0 atom stereocenters. The molecule has 84 valence electrons. The summed E-state index contributed by atoms with van der Waals surface area (Å²) in [4.78, 5) is -0.488. The zero-order valence-corrected chi connectivity index (χ0v) is 8.93. The van der Waals surface area contributed by atoms with Crippen molar-refractivity contribution in [2.24, 2.45) is 0 Å². The molecule has 1 aromatic carbocycles. The molecule has 0 unspecified atom stereocenters. The van der Waals surface area contributed by atoms with Crippen molar-refractivity contribution in [1.82, 2.24) is 0 Å². The maximum atomic E-state index is 12.6. The van der Waals surface area contributed by atoms with Crippen LogP contribution in [-0.4, -0.2) is 13.0 Å². The van der Waals surface area contributed by atoms with Gasteiger partial charge in [-0.1, -0.05) is 12.1 Å².